The van der Waals surface area contributed by atoms with E-state index in [0.717, 1.165) is 19.7 Å². The maximum absolute atomic E-state index is 5.27. The molecule has 3 nitrogen and oxygen atoms in total. The van der Waals surface area contributed by atoms with E-state index >= 15 is 0 Å². The molecule has 0 radical (unpaired) electrons. The Hall–Kier alpha value is -0.900. The van der Waals surface area contributed by atoms with Crippen molar-refractivity contribution in [3.63, 3.8) is 0 Å². The first-order chi connectivity index (χ1) is 9.72. The van der Waals surface area contributed by atoms with E-state index < -0.39 is 0 Å². The molecule has 0 amide bonds. The maximum atomic E-state index is 5.27. The van der Waals surface area contributed by atoms with Crippen LogP contribution in [0.5, 0.6) is 0 Å². The Balaban J connectivity index is 2.26. The molecule has 20 heavy (non-hydrogen) atoms. The second-order valence-electron chi connectivity index (χ2n) is 5.72. The monoisotopic (exact) mass is 276 g/mol. The van der Waals surface area contributed by atoms with E-state index in [4.69, 9.17) is 4.74 Å². The fraction of sp³-hybridized carbons (Fsp3) is 0.647. The number of benzene rings is 1. The van der Waals surface area contributed by atoms with Crippen molar-refractivity contribution in [2.45, 2.75) is 38.3 Å². The summed E-state index contributed by atoms with van der Waals surface area (Å²) in [6.45, 7) is 7.47. The van der Waals surface area contributed by atoms with Gasteiger partial charge in [0, 0.05) is 25.7 Å². The van der Waals surface area contributed by atoms with Gasteiger partial charge in [0.05, 0.1) is 6.61 Å². The van der Waals surface area contributed by atoms with Crippen molar-refractivity contribution in [1.82, 2.24) is 10.2 Å². The van der Waals surface area contributed by atoms with Crippen molar-refractivity contribution in [2.24, 2.45) is 0 Å². The lowest BCUT2D eigenvalue weighted by atomic mass is 9.77. The Morgan fingerprint density at radius 1 is 1.30 bits per heavy atom. The summed E-state index contributed by atoms with van der Waals surface area (Å²) in [5, 5.41) is 3.54. The average molecular weight is 276 g/mol. The zero-order valence-corrected chi connectivity index (χ0v) is 13.2. The molecule has 2 rings (SSSR count). The maximum Gasteiger partial charge on any atom is 0.0589 e. The van der Waals surface area contributed by atoms with Gasteiger partial charge in [0.1, 0.15) is 0 Å². The second-order valence-corrected chi connectivity index (χ2v) is 5.72. The van der Waals surface area contributed by atoms with E-state index in [1.165, 1.54) is 17.5 Å². The molecule has 0 heterocycles. The van der Waals surface area contributed by atoms with Crippen molar-refractivity contribution in [3.8, 4) is 0 Å². The van der Waals surface area contributed by atoms with Crippen LogP contribution in [0.4, 0.5) is 0 Å². The van der Waals surface area contributed by atoms with Gasteiger partial charge in [0.15, 0.2) is 0 Å². The molecule has 1 aliphatic carbocycles. The number of rotatable bonds is 6. The quantitative estimate of drug-likeness (QED) is 0.864. The number of fused-ring (bicyclic) bond motifs is 1. The fourth-order valence-electron chi connectivity index (χ4n) is 3.55. The predicted molar refractivity (Wildman–Crippen MR) is 84.2 cm³/mol. The van der Waals surface area contributed by atoms with Gasteiger partial charge in [-0.3, -0.25) is 4.90 Å². The van der Waals surface area contributed by atoms with Crippen molar-refractivity contribution in [2.75, 3.05) is 33.9 Å². The molecule has 0 saturated heterocycles. The molecule has 0 aliphatic heterocycles. The molecule has 3 unspecified atom stereocenters. The molecule has 1 N–H and O–H groups in total. The van der Waals surface area contributed by atoms with E-state index in [0.29, 0.717) is 18.0 Å². The summed E-state index contributed by atoms with van der Waals surface area (Å²) in [5.74, 6) is 0.623. The molecule has 1 aromatic rings. The van der Waals surface area contributed by atoms with E-state index in [9.17, 15) is 0 Å². The number of likely N-dealkylation sites (N-methyl/N-ethyl adjacent to an activating group) is 2. The van der Waals surface area contributed by atoms with Gasteiger partial charge >= 0.3 is 0 Å². The van der Waals surface area contributed by atoms with Gasteiger partial charge in [-0.1, -0.05) is 38.1 Å². The number of nitrogens with one attached hydrogen (secondary N) is 1. The molecule has 0 spiro atoms. The second kappa shape index (κ2) is 7.21. The average Bonchev–Trinajstić information content (AvgIpc) is 2.48. The number of ether oxygens (including phenoxy) is 1. The minimum atomic E-state index is 0.416. The lowest BCUT2D eigenvalue weighted by Gasteiger charge is -2.43. The zero-order valence-electron chi connectivity index (χ0n) is 13.2. The number of hydrogen-bond donors (Lipinski definition) is 1. The summed E-state index contributed by atoms with van der Waals surface area (Å²) < 4.78 is 5.27. The summed E-state index contributed by atoms with van der Waals surface area (Å²) in [6, 6.07) is 9.84. The normalized spacial score (nSPS) is 25.8. The third-order valence-corrected chi connectivity index (χ3v) is 4.61. The molecule has 3 atom stereocenters. The molecule has 3 heteroatoms. The summed E-state index contributed by atoms with van der Waals surface area (Å²) in [7, 11) is 3.86. The third-order valence-electron chi connectivity index (χ3n) is 4.61. The van der Waals surface area contributed by atoms with E-state index in [1.807, 2.05) is 0 Å². The lowest BCUT2D eigenvalue weighted by Crippen LogP contribution is -2.48. The van der Waals surface area contributed by atoms with Crippen molar-refractivity contribution >= 4 is 0 Å². The standard InChI is InChI=1S/C17H28N2O/c1-5-19(10-11-20-4)16-12-13(2)14-8-6-7-9-15(14)17(16)18-3/h6-9,13,16-18H,5,10-12H2,1-4H3. The predicted octanol–water partition coefficient (Wildman–Crippen LogP) is 2.79. The minimum Gasteiger partial charge on any atom is -0.383 e. The van der Waals surface area contributed by atoms with Crippen molar-refractivity contribution in [1.29, 1.82) is 0 Å². The molecule has 0 aromatic heterocycles. The summed E-state index contributed by atoms with van der Waals surface area (Å²) in [6.07, 6.45) is 1.21. The topological polar surface area (TPSA) is 24.5 Å². The van der Waals surface area contributed by atoms with Crippen LogP contribution in [0.3, 0.4) is 0 Å². The summed E-state index contributed by atoms with van der Waals surface area (Å²) in [4.78, 5) is 2.55. The lowest BCUT2D eigenvalue weighted by molar-refractivity contribution is 0.0954. The van der Waals surface area contributed by atoms with Crippen LogP contribution in [0.25, 0.3) is 0 Å². The van der Waals surface area contributed by atoms with Crippen molar-refractivity contribution < 1.29 is 4.74 Å². The van der Waals surface area contributed by atoms with Gasteiger partial charge in [-0.05, 0) is 37.1 Å². The van der Waals surface area contributed by atoms with Gasteiger partial charge in [-0.15, -0.1) is 0 Å². The van der Waals surface area contributed by atoms with E-state index in [1.54, 1.807) is 7.11 Å². The molecule has 0 bridgehead atoms. The SMILES string of the molecule is CCN(CCOC)C1CC(C)c2ccccc2C1NC. The van der Waals surface area contributed by atoms with Crippen LogP contribution in [0.1, 0.15) is 43.4 Å². The van der Waals surface area contributed by atoms with Crippen molar-refractivity contribution in [3.05, 3.63) is 35.4 Å². The van der Waals surface area contributed by atoms with Gasteiger partial charge in [-0.25, -0.2) is 0 Å². The molecular formula is C17H28N2O. The number of nitrogens with zero attached hydrogens (tertiary/aromatic N) is 1. The highest BCUT2D eigenvalue weighted by Gasteiger charge is 2.34. The highest BCUT2D eigenvalue weighted by molar-refractivity contribution is 5.36. The molecule has 112 valence electrons. The Bertz CT molecular complexity index is 421. The van der Waals surface area contributed by atoms with E-state index in [2.05, 4.69) is 55.4 Å². The van der Waals surface area contributed by atoms with Gasteiger partial charge < -0.3 is 10.1 Å². The van der Waals surface area contributed by atoms with E-state index in [-0.39, 0.29) is 0 Å². The minimum absolute atomic E-state index is 0.416. The van der Waals surface area contributed by atoms with Crippen LogP contribution >= 0.6 is 0 Å². The fourth-order valence-corrected chi connectivity index (χ4v) is 3.55. The van der Waals surface area contributed by atoms with Crippen LogP contribution in [0.15, 0.2) is 24.3 Å². The zero-order chi connectivity index (χ0) is 14.5. The third kappa shape index (κ3) is 3.05. The number of methoxy groups -OCH3 is 1. The molecular weight excluding hydrogens is 248 g/mol. The highest BCUT2D eigenvalue weighted by atomic mass is 16.5. The Labute approximate surface area is 123 Å². The summed E-state index contributed by atoms with van der Waals surface area (Å²) >= 11 is 0. The molecule has 1 aromatic carbocycles. The first kappa shape index (κ1) is 15.5. The summed E-state index contributed by atoms with van der Waals surface area (Å²) in [5.41, 5.74) is 2.97. The van der Waals surface area contributed by atoms with Gasteiger partial charge in [0.25, 0.3) is 0 Å². The Morgan fingerprint density at radius 2 is 2.00 bits per heavy atom. The van der Waals surface area contributed by atoms with Crippen LogP contribution in [-0.4, -0.2) is 44.8 Å². The van der Waals surface area contributed by atoms with Crippen LogP contribution in [0, 0.1) is 0 Å². The number of hydrogen-bond acceptors (Lipinski definition) is 3. The highest BCUT2D eigenvalue weighted by Crippen LogP contribution is 2.39. The van der Waals surface area contributed by atoms with Crippen LogP contribution < -0.4 is 5.32 Å². The first-order valence-corrected chi connectivity index (χ1v) is 7.72. The largest absolute Gasteiger partial charge is 0.383 e. The molecule has 0 saturated carbocycles. The van der Waals surface area contributed by atoms with Crippen LogP contribution in [-0.2, 0) is 4.74 Å². The smallest absolute Gasteiger partial charge is 0.0589 e. The van der Waals surface area contributed by atoms with Crippen LogP contribution in [0.2, 0.25) is 0 Å². The first-order valence-electron chi connectivity index (χ1n) is 7.72. The van der Waals surface area contributed by atoms with Gasteiger partial charge in [0.2, 0.25) is 0 Å². The van der Waals surface area contributed by atoms with Gasteiger partial charge in [-0.2, -0.15) is 0 Å². The molecule has 1 aliphatic rings. The Kier molecular flexibility index (Phi) is 5.58. The Morgan fingerprint density at radius 3 is 2.60 bits per heavy atom. The molecule has 0 fully saturated rings.